The number of rotatable bonds is 3. The van der Waals surface area contributed by atoms with E-state index < -0.39 is 10.0 Å². The number of anilines is 1. The normalized spacial score (nSPS) is 24.5. The molecule has 0 aromatic heterocycles. The summed E-state index contributed by atoms with van der Waals surface area (Å²) in [6.07, 6.45) is 0. The van der Waals surface area contributed by atoms with Gasteiger partial charge in [0.15, 0.2) is 0 Å². The lowest BCUT2D eigenvalue weighted by molar-refractivity contribution is -0.147. The number of sulfonamides is 1. The molecule has 4 rings (SSSR count). The number of likely N-dealkylation sites (tertiary alicyclic amines) is 1. The second-order valence-corrected chi connectivity index (χ2v) is 8.54. The van der Waals surface area contributed by atoms with E-state index in [4.69, 9.17) is 0 Å². The minimum Gasteiger partial charge on any atom is -0.394 e. The van der Waals surface area contributed by atoms with Gasteiger partial charge >= 0.3 is 0 Å². The van der Waals surface area contributed by atoms with Crippen molar-refractivity contribution in [2.24, 2.45) is 0 Å². The van der Waals surface area contributed by atoms with E-state index >= 15 is 0 Å². The first-order valence-corrected chi connectivity index (χ1v) is 9.97. The molecule has 1 saturated heterocycles. The Bertz CT molecular complexity index is 945. The number of nitrogens with zero attached hydrogens (tertiary/aromatic N) is 2. The van der Waals surface area contributed by atoms with Gasteiger partial charge in [0.05, 0.1) is 35.8 Å². The Morgan fingerprint density at radius 2 is 1.77 bits per heavy atom. The molecule has 1 N–H and O–H groups in total. The molecule has 3 atom stereocenters. The highest BCUT2D eigenvalue weighted by Crippen LogP contribution is 2.49. The predicted octanol–water partition coefficient (Wildman–Crippen LogP) is 1.57. The zero-order valence-electron chi connectivity index (χ0n) is 14.3. The highest BCUT2D eigenvalue weighted by Gasteiger charge is 2.55. The van der Waals surface area contributed by atoms with Crippen LogP contribution in [0.3, 0.4) is 0 Å². The number of para-hydroxylation sites is 1. The van der Waals surface area contributed by atoms with Gasteiger partial charge in [-0.3, -0.25) is 9.10 Å². The van der Waals surface area contributed by atoms with E-state index in [1.165, 1.54) is 11.2 Å². The van der Waals surface area contributed by atoms with Crippen LogP contribution in [0, 0.1) is 0 Å². The monoisotopic (exact) mass is 372 g/mol. The molecule has 2 aromatic carbocycles. The van der Waals surface area contributed by atoms with Crippen molar-refractivity contribution in [3.8, 4) is 0 Å². The van der Waals surface area contributed by atoms with Crippen LogP contribution in [0.4, 0.5) is 5.69 Å². The molecule has 2 aliphatic heterocycles. The van der Waals surface area contributed by atoms with Crippen LogP contribution in [0.25, 0.3) is 0 Å². The minimum atomic E-state index is -3.74. The molecule has 0 spiro atoms. The maximum absolute atomic E-state index is 13.2. The van der Waals surface area contributed by atoms with Gasteiger partial charge in [-0.2, -0.15) is 0 Å². The molecule has 26 heavy (non-hydrogen) atoms. The van der Waals surface area contributed by atoms with Gasteiger partial charge in [-0.1, -0.05) is 36.4 Å². The fraction of sp³-hybridized carbons (Fsp3) is 0.316. The molecule has 0 bridgehead atoms. The standard InChI is InChI=1S/C19H20N2O4S/c1-13(23)21-17-11-20(26(24,25)14-7-3-2-4-8-14)16-10-6-5-9-15(16)19(17)18(21)12-22/h2-10,17-19,22H,11-12H2,1H3/t17-,18-,19+/m0/s1. The lowest BCUT2D eigenvalue weighted by Crippen LogP contribution is -2.70. The molecule has 0 unspecified atom stereocenters. The van der Waals surface area contributed by atoms with Gasteiger partial charge in [-0.15, -0.1) is 0 Å². The number of aliphatic hydroxyl groups excluding tert-OH is 1. The van der Waals surface area contributed by atoms with Crippen LogP contribution >= 0.6 is 0 Å². The summed E-state index contributed by atoms with van der Waals surface area (Å²) in [7, 11) is -3.74. The Balaban J connectivity index is 1.83. The van der Waals surface area contributed by atoms with Gasteiger partial charge in [0.2, 0.25) is 5.91 Å². The SMILES string of the molecule is CC(=O)N1[C@@H](CO)[C@@H]2c3ccccc3N(S(=O)(=O)c3ccccc3)C[C@@H]21. The average Bonchev–Trinajstić information content (AvgIpc) is 2.62. The largest absolute Gasteiger partial charge is 0.394 e. The smallest absolute Gasteiger partial charge is 0.264 e. The van der Waals surface area contributed by atoms with Crippen molar-refractivity contribution in [1.29, 1.82) is 0 Å². The third kappa shape index (κ3) is 2.34. The zero-order chi connectivity index (χ0) is 18.5. The number of hydrogen-bond acceptors (Lipinski definition) is 4. The second kappa shape index (κ2) is 6.10. The fourth-order valence-electron chi connectivity index (χ4n) is 4.24. The van der Waals surface area contributed by atoms with Crippen molar-refractivity contribution >= 4 is 21.6 Å². The third-order valence-electron chi connectivity index (χ3n) is 5.34. The van der Waals surface area contributed by atoms with Crippen LogP contribution in [0.15, 0.2) is 59.5 Å². The first-order valence-electron chi connectivity index (χ1n) is 8.53. The van der Waals surface area contributed by atoms with Crippen molar-refractivity contribution in [3.05, 3.63) is 60.2 Å². The van der Waals surface area contributed by atoms with E-state index in [1.807, 2.05) is 18.2 Å². The quantitative estimate of drug-likeness (QED) is 0.887. The lowest BCUT2D eigenvalue weighted by atomic mass is 9.72. The molecule has 0 saturated carbocycles. The Kier molecular flexibility index (Phi) is 4.00. The van der Waals surface area contributed by atoms with Gasteiger partial charge in [0.1, 0.15) is 0 Å². The van der Waals surface area contributed by atoms with Gasteiger partial charge in [0, 0.05) is 12.8 Å². The molecule has 7 heteroatoms. The molecule has 1 fully saturated rings. The topological polar surface area (TPSA) is 77.9 Å². The molecule has 2 heterocycles. The van der Waals surface area contributed by atoms with Crippen LogP contribution in [0.1, 0.15) is 18.4 Å². The molecule has 2 aromatic rings. The lowest BCUT2D eigenvalue weighted by Gasteiger charge is -2.58. The molecule has 1 amide bonds. The van der Waals surface area contributed by atoms with Crippen LogP contribution in [-0.2, 0) is 14.8 Å². The van der Waals surface area contributed by atoms with E-state index in [1.54, 1.807) is 41.3 Å². The fourth-order valence-corrected chi connectivity index (χ4v) is 5.77. The maximum atomic E-state index is 13.2. The molecule has 6 nitrogen and oxygen atoms in total. The summed E-state index contributed by atoms with van der Waals surface area (Å²) in [5, 5.41) is 9.75. The number of fused-ring (bicyclic) bond motifs is 3. The van der Waals surface area contributed by atoms with E-state index in [9.17, 15) is 18.3 Å². The Hall–Kier alpha value is -2.38. The summed E-state index contributed by atoms with van der Waals surface area (Å²) < 4.78 is 27.8. The summed E-state index contributed by atoms with van der Waals surface area (Å²) in [4.78, 5) is 13.9. The zero-order valence-corrected chi connectivity index (χ0v) is 15.1. The number of carbonyl (C=O) groups excluding carboxylic acids is 1. The Morgan fingerprint density at radius 3 is 2.42 bits per heavy atom. The van der Waals surface area contributed by atoms with Crippen molar-refractivity contribution in [3.63, 3.8) is 0 Å². The summed E-state index contributed by atoms with van der Waals surface area (Å²) in [6.45, 7) is 1.50. The number of hydrogen-bond donors (Lipinski definition) is 1. The van der Waals surface area contributed by atoms with E-state index in [2.05, 4.69) is 0 Å². The molecular formula is C19H20N2O4S. The third-order valence-corrected chi connectivity index (χ3v) is 7.14. The summed E-state index contributed by atoms with van der Waals surface area (Å²) >= 11 is 0. The first kappa shape index (κ1) is 17.1. The van der Waals surface area contributed by atoms with Crippen LogP contribution < -0.4 is 4.31 Å². The number of carbonyl (C=O) groups is 1. The Morgan fingerprint density at radius 1 is 1.12 bits per heavy atom. The van der Waals surface area contributed by atoms with Crippen molar-refractivity contribution in [2.75, 3.05) is 17.5 Å². The van der Waals surface area contributed by atoms with Crippen molar-refractivity contribution in [2.45, 2.75) is 29.8 Å². The molecule has 0 aliphatic carbocycles. The Labute approximate surface area is 152 Å². The van der Waals surface area contributed by atoms with Crippen LogP contribution in [0.5, 0.6) is 0 Å². The highest BCUT2D eigenvalue weighted by molar-refractivity contribution is 7.92. The molecule has 2 aliphatic rings. The average molecular weight is 372 g/mol. The maximum Gasteiger partial charge on any atom is 0.264 e. The summed E-state index contributed by atoms with van der Waals surface area (Å²) in [6, 6.07) is 15.1. The molecular weight excluding hydrogens is 352 g/mol. The highest BCUT2D eigenvalue weighted by atomic mass is 32.2. The second-order valence-electron chi connectivity index (χ2n) is 6.68. The molecule has 0 radical (unpaired) electrons. The predicted molar refractivity (Wildman–Crippen MR) is 97.3 cm³/mol. The first-order chi connectivity index (χ1) is 12.5. The van der Waals surface area contributed by atoms with Gasteiger partial charge in [-0.05, 0) is 23.8 Å². The van der Waals surface area contributed by atoms with E-state index in [0.717, 1.165) is 5.56 Å². The van der Waals surface area contributed by atoms with Crippen LogP contribution in [0.2, 0.25) is 0 Å². The number of aliphatic hydroxyl groups is 1. The van der Waals surface area contributed by atoms with Gasteiger partial charge < -0.3 is 10.0 Å². The van der Waals surface area contributed by atoms with Crippen molar-refractivity contribution in [1.82, 2.24) is 4.90 Å². The van der Waals surface area contributed by atoms with Gasteiger partial charge in [0.25, 0.3) is 10.0 Å². The number of benzene rings is 2. The van der Waals surface area contributed by atoms with Gasteiger partial charge in [-0.25, -0.2) is 8.42 Å². The van der Waals surface area contributed by atoms with Crippen LogP contribution in [-0.4, -0.2) is 49.6 Å². The summed E-state index contributed by atoms with van der Waals surface area (Å²) in [5.74, 6) is -0.205. The minimum absolute atomic E-state index is 0.0534. The number of amides is 1. The molecule has 136 valence electrons. The van der Waals surface area contributed by atoms with E-state index in [-0.39, 0.29) is 42.0 Å². The van der Waals surface area contributed by atoms with E-state index in [0.29, 0.717) is 5.69 Å². The summed E-state index contributed by atoms with van der Waals surface area (Å²) in [5.41, 5.74) is 1.49. The van der Waals surface area contributed by atoms with Crippen molar-refractivity contribution < 1.29 is 18.3 Å².